The SMILES string of the molecule is c1cc(-c2cnc([C@@H]3C[C@H]4CC4N3)[nH]2)ccc1-c1ccc2nc(-c3cnc([C@@H]4C[C@H]5C[C@H]5N4)[nH]3)ccc2c1. The second-order valence-electron chi connectivity index (χ2n) is 11.7. The van der Waals surface area contributed by atoms with Crippen LogP contribution in [0.5, 0.6) is 0 Å². The van der Waals surface area contributed by atoms with Crippen molar-refractivity contribution in [2.75, 3.05) is 0 Å². The van der Waals surface area contributed by atoms with Gasteiger partial charge in [-0.15, -0.1) is 0 Å². The largest absolute Gasteiger partial charge is 0.341 e. The summed E-state index contributed by atoms with van der Waals surface area (Å²) in [6.45, 7) is 0. The molecule has 188 valence electrons. The zero-order valence-corrected chi connectivity index (χ0v) is 21.0. The molecule has 1 unspecified atom stereocenters. The molecule has 4 aliphatic rings. The summed E-state index contributed by atoms with van der Waals surface area (Å²) in [4.78, 5) is 21.3. The Bertz CT molecular complexity index is 1660. The monoisotopic (exact) mass is 499 g/mol. The van der Waals surface area contributed by atoms with Crippen LogP contribution in [0.15, 0.2) is 67.0 Å². The zero-order chi connectivity index (χ0) is 24.8. The first-order valence-electron chi connectivity index (χ1n) is 13.9. The van der Waals surface area contributed by atoms with E-state index in [2.05, 4.69) is 85.2 Å². The summed E-state index contributed by atoms with van der Waals surface area (Å²) < 4.78 is 0. The average molecular weight is 500 g/mol. The first-order chi connectivity index (χ1) is 18.7. The summed E-state index contributed by atoms with van der Waals surface area (Å²) in [7, 11) is 0. The van der Waals surface area contributed by atoms with E-state index in [1.54, 1.807) is 0 Å². The Kier molecular flexibility index (Phi) is 4.37. The molecule has 4 N–H and O–H groups in total. The lowest BCUT2D eigenvalue weighted by molar-refractivity contribution is 0.543. The highest BCUT2D eigenvalue weighted by Gasteiger charge is 2.47. The maximum absolute atomic E-state index is 4.93. The Balaban J connectivity index is 0.938. The molecule has 4 fully saturated rings. The predicted octanol–water partition coefficient (Wildman–Crippen LogP) is 5.53. The molecule has 5 aromatic rings. The minimum absolute atomic E-state index is 0.354. The number of hydrogen-bond donors (Lipinski definition) is 4. The molecular formula is C31H29N7. The van der Waals surface area contributed by atoms with Crippen molar-refractivity contribution in [3.63, 3.8) is 0 Å². The van der Waals surface area contributed by atoms with Crippen LogP contribution in [0.4, 0.5) is 0 Å². The highest BCUT2D eigenvalue weighted by Crippen LogP contribution is 2.46. The lowest BCUT2D eigenvalue weighted by Crippen LogP contribution is -2.18. The highest BCUT2D eigenvalue weighted by molar-refractivity contribution is 5.86. The van der Waals surface area contributed by atoms with E-state index in [4.69, 9.17) is 4.98 Å². The van der Waals surface area contributed by atoms with Crippen molar-refractivity contribution in [3.8, 4) is 33.8 Å². The Morgan fingerprint density at radius 2 is 1.24 bits per heavy atom. The van der Waals surface area contributed by atoms with E-state index < -0.39 is 0 Å². The van der Waals surface area contributed by atoms with Crippen molar-refractivity contribution in [2.45, 2.75) is 49.9 Å². The molecule has 2 aromatic carbocycles. The van der Waals surface area contributed by atoms with Crippen molar-refractivity contribution in [3.05, 3.63) is 78.6 Å². The summed E-state index contributed by atoms with van der Waals surface area (Å²) in [5.74, 6) is 3.81. The number of aromatic nitrogens is 5. The Morgan fingerprint density at radius 3 is 1.92 bits per heavy atom. The third-order valence-electron chi connectivity index (χ3n) is 9.10. The van der Waals surface area contributed by atoms with Gasteiger partial charge >= 0.3 is 0 Å². The first-order valence-corrected chi connectivity index (χ1v) is 13.9. The normalized spacial score (nSPS) is 28.9. The summed E-state index contributed by atoms with van der Waals surface area (Å²) >= 11 is 0. The fourth-order valence-electron chi connectivity index (χ4n) is 6.67. The van der Waals surface area contributed by atoms with Crippen LogP contribution in [0.2, 0.25) is 0 Å². The van der Waals surface area contributed by atoms with Crippen LogP contribution in [-0.4, -0.2) is 37.0 Å². The summed E-state index contributed by atoms with van der Waals surface area (Å²) in [6.07, 6.45) is 8.93. The van der Waals surface area contributed by atoms with Gasteiger partial charge < -0.3 is 20.6 Å². The Morgan fingerprint density at radius 1 is 0.605 bits per heavy atom. The van der Waals surface area contributed by atoms with E-state index in [0.29, 0.717) is 18.1 Å². The lowest BCUT2D eigenvalue weighted by atomic mass is 10.0. The van der Waals surface area contributed by atoms with Gasteiger partial charge in [0, 0.05) is 17.5 Å². The van der Waals surface area contributed by atoms with Crippen LogP contribution in [0.25, 0.3) is 44.7 Å². The topological polar surface area (TPSA) is 94.3 Å². The summed E-state index contributed by atoms with van der Waals surface area (Å²) in [5.41, 5.74) is 7.51. The third kappa shape index (κ3) is 3.53. The number of piperidine rings is 2. The van der Waals surface area contributed by atoms with E-state index in [0.717, 1.165) is 63.1 Å². The number of rotatable bonds is 5. The quantitative estimate of drug-likeness (QED) is 0.255. The standard InChI is InChI=1S/C31H29N7/c1-3-17(28-14-32-30(37-28)26-12-20-10-24(20)35-26)4-2-16(1)18-5-7-22-19(9-18)6-8-23(34-22)29-15-33-31(38-29)27-13-21-11-25(21)36-27/h1-9,14-15,20-21,24-27,35-36H,10-13H2,(H,32,37)(H,33,38)/t20-,21-,24?,25-,26+,27+/m1/s1. The number of nitrogens with one attached hydrogen (secondary N) is 4. The van der Waals surface area contributed by atoms with Crippen molar-refractivity contribution in [2.24, 2.45) is 11.8 Å². The van der Waals surface area contributed by atoms with Crippen LogP contribution < -0.4 is 10.6 Å². The summed E-state index contributed by atoms with van der Waals surface area (Å²) in [6, 6.07) is 21.6. The number of pyridine rings is 1. The van der Waals surface area contributed by atoms with Crippen LogP contribution >= 0.6 is 0 Å². The maximum atomic E-state index is 4.93. The van der Waals surface area contributed by atoms with Crippen LogP contribution in [-0.2, 0) is 0 Å². The molecule has 2 aliphatic heterocycles. The molecule has 7 heteroatoms. The first kappa shape index (κ1) is 21.2. The van der Waals surface area contributed by atoms with Crippen molar-refractivity contribution >= 4 is 10.9 Å². The summed E-state index contributed by atoms with van der Waals surface area (Å²) in [5, 5.41) is 8.48. The molecule has 0 amide bonds. The van der Waals surface area contributed by atoms with Gasteiger partial charge in [0.2, 0.25) is 0 Å². The highest BCUT2D eigenvalue weighted by atomic mass is 15.1. The van der Waals surface area contributed by atoms with Crippen LogP contribution in [0.1, 0.15) is 49.4 Å². The van der Waals surface area contributed by atoms with Gasteiger partial charge in [-0.25, -0.2) is 15.0 Å². The third-order valence-corrected chi connectivity index (χ3v) is 9.10. The van der Waals surface area contributed by atoms with Crippen molar-refractivity contribution < 1.29 is 0 Å². The number of nitrogens with zero attached hydrogens (tertiary/aromatic N) is 3. The Hall–Kier alpha value is -3.81. The molecule has 5 heterocycles. The van der Waals surface area contributed by atoms with Gasteiger partial charge in [0.1, 0.15) is 11.6 Å². The van der Waals surface area contributed by atoms with E-state index >= 15 is 0 Å². The van der Waals surface area contributed by atoms with Gasteiger partial charge in [-0.3, -0.25) is 0 Å². The molecule has 0 spiro atoms. The van der Waals surface area contributed by atoms with Gasteiger partial charge in [-0.05, 0) is 72.4 Å². The molecule has 0 bridgehead atoms. The van der Waals surface area contributed by atoms with Gasteiger partial charge in [-0.2, -0.15) is 0 Å². The molecular weight excluding hydrogens is 470 g/mol. The number of hydrogen-bond acceptors (Lipinski definition) is 5. The molecule has 2 saturated carbocycles. The Labute approximate surface area is 220 Å². The molecule has 0 radical (unpaired) electrons. The molecule has 38 heavy (non-hydrogen) atoms. The average Bonchev–Trinajstić information content (AvgIpc) is 3.52. The smallest absolute Gasteiger partial charge is 0.123 e. The molecule has 3 aromatic heterocycles. The molecule has 9 rings (SSSR count). The van der Waals surface area contributed by atoms with Crippen molar-refractivity contribution in [1.29, 1.82) is 0 Å². The minimum atomic E-state index is 0.354. The zero-order valence-electron chi connectivity index (χ0n) is 21.0. The second-order valence-corrected chi connectivity index (χ2v) is 11.7. The fraction of sp³-hybridized carbons (Fsp3) is 0.323. The number of aromatic amines is 2. The van der Waals surface area contributed by atoms with E-state index in [1.165, 1.54) is 36.8 Å². The molecule has 2 aliphatic carbocycles. The molecule has 7 nitrogen and oxygen atoms in total. The van der Waals surface area contributed by atoms with E-state index in [-0.39, 0.29) is 0 Å². The number of H-pyrrole nitrogens is 2. The lowest BCUT2D eigenvalue weighted by Gasteiger charge is -2.09. The molecule has 6 atom stereocenters. The maximum Gasteiger partial charge on any atom is 0.123 e. The number of benzene rings is 2. The van der Waals surface area contributed by atoms with E-state index in [1.807, 2.05) is 12.4 Å². The fourth-order valence-corrected chi connectivity index (χ4v) is 6.67. The van der Waals surface area contributed by atoms with Crippen molar-refractivity contribution in [1.82, 2.24) is 35.6 Å². The van der Waals surface area contributed by atoms with Gasteiger partial charge in [-0.1, -0.05) is 36.4 Å². The van der Waals surface area contributed by atoms with Gasteiger partial charge in [0.15, 0.2) is 0 Å². The second kappa shape index (κ2) is 7.85. The van der Waals surface area contributed by atoms with Gasteiger partial charge in [0.05, 0.1) is 47.1 Å². The number of fused-ring (bicyclic) bond motifs is 3. The van der Waals surface area contributed by atoms with Gasteiger partial charge in [0.25, 0.3) is 0 Å². The van der Waals surface area contributed by atoms with Crippen LogP contribution in [0, 0.1) is 11.8 Å². The van der Waals surface area contributed by atoms with Crippen LogP contribution in [0.3, 0.4) is 0 Å². The molecule has 2 saturated heterocycles. The minimum Gasteiger partial charge on any atom is -0.341 e. The number of imidazole rings is 2. The van der Waals surface area contributed by atoms with E-state index in [9.17, 15) is 0 Å². The predicted molar refractivity (Wildman–Crippen MR) is 147 cm³/mol.